The number of nitrogens with zero attached hydrogens (tertiary/aromatic N) is 1. The van der Waals surface area contributed by atoms with Crippen LogP contribution in [0.2, 0.25) is 0 Å². The second-order valence-corrected chi connectivity index (χ2v) is 7.77. The molecular weight excluding hydrogens is 320 g/mol. The smallest absolute Gasteiger partial charge is 0.265 e. The Morgan fingerprint density at radius 3 is 2.58 bits per heavy atom. The third-order valence-corrected chi connectivity index (χ3v) is 5.58. The van der Waals surface area contributed by atoms with Gasteiger partial charge in [0, 0.05) is 30.2 Å². The maximum atomic E-state index is 12.5. The van der Waals surface area contributed by atoms with Crippen molar-refractivity contribution in [3.63, 3.8) is 0 Å². The van der Waals surface area contributed by atoms with Crippen molar-refractivity contribution in [3.8, 4) is 0 Å². The average molecular weight is 342 g/mol. The van der Waals surface area contributed by atoms with Crippen LogP contribution in [0.15, 0.2) is 30.3 Å². The minimum absolute atomic E-state index is 0.0482. The molecule has 0 bridgehead atoms. The minimum atomic E-state index is -0.0752. The van der Waals surface area contributed by atoms with Gasteiger partial charge in [-0.15, -0.1) is 11.3 Å². The first-order valence-electron chi connectivity index (χ1n) is 8.18. The van der Waals surface area contributed by atoms with Crippen LogP contribution in [0.1, 0.15) is 43.8 Å². The first-order chi connectivity index (χ1) is 11.4. The van der Waals surface area contributed by atoms with Gasteiger partial charge in [0.2, 0.25) is 0 Å². The van der Waals surface area contributed by atoms with Gasteiger partial charge in [-0.2, -0.15) is 0 Å². The topological polar surface area (TPSA) is 49.4 Å². The number of nitrogens with one attached hydrogen (secondary N) is 1. The molecule has 0 unspecified atom stereocenters. The molecular formula is C19H22N2O2S. The van der Waals surface area contributed by atoms with E-state index in [4.69, 9.17) is 0 Å². The maximum absolute atomic E-state index is 12.5. The van der Waals surface area contributed by atoms with Crippen molar-refractivity contribution in [1.82, 2.24) is 4.90 Å². The molecule has 1 aromatic heterocycles. The van der Waals surface area contributed by atoms with Gasteiger partial charge in [-0.1, -0.05) is 6.92 Å². The SMILES string of the molecule is C[C@H]1CCc2sc(C(=O)Nc3ccc(C(=O)N(C)C)cc3)cc2C1. The van der Waals surface area contributed by atoms with Crippen molar-refractivity contribution >= 4 is 28.8 Å². The van der Waals surface area contributed by atoms with Crippen LogP contribution in [0.4, 0.5) is 5.69 Å². The van der Waals surface area contributed by atoms with E-state index in [1.807, 2.05) is 6.07 Å². The number of aryl methyl sites for hydroxylation is 1. The zero-order chi connectivity index (χ0) is 17.3. The lowest BCUT2D eigenvalue weighted by atomic mass is 9.90. The number of amides is 2. The van der Waals surface area contributed by atoms with Crippen LogP contribution >= 0.6 is 11.3 Å². The van der Waals surface area contributed by atoms with Gasteiger partial charge in [0.25, 0.3) is 11.8 Å². The highest BCUT2D eigenvalue weighted by atomic mass is 32.1. The Hall–Kier alpha value is -2.14. The highest BCUT2D eigenvalue weighted by Crippen LogP contribution is 2.32. The molecule has 1 heterocycles. The number of carbonyl (C=O) groups is 2. The number of hydrogen-bond acceptors (Lipinski definition) is 3. The Morgan fingerprint density at radius 2 is 1.92 bits per heavy atom. The molecule has 3 rings (SSSR count). The predicted molar refractivity (Wildman–Crippen MR) is 97.9 cm³/mol. The molecule has 1 N–H and O–H groups in total. The Balaban J connectivity index is 1.70. The summed E-state index contributed by atoms with van der Waals surface area (Å²) in [6.07, 6.45) is 3.35. The standard InChI is InChI=1S/C19H22N2O2S/c1-12-4-9-16-14(10-12)11-17(24-16)18(22)20-15-7-5-13(6-8-15)19(23)21(2)3/h5-8,11-12H,4,9-10H2,1-3H3,(H,20,22)/t12-/m0/s1. The Morgan fingerprint density at radius 1 is 1.21 bits per heavy atom. The number of carbonyl (C=O) groups excluding carboxylic acids is 2. The number of benzene rings is 1. The fourth-order valence-electron chi connectivity index (χ4n) is 2.96. The fraction of sp³-hybridized carbons (Fsp3) is 0.368. The van der Waals surface area contributed by atoms with Crippen molar-refractivity contribution in [3.05, 3.63) is 51.2 Å². The molecule has 4 nitrogen and oxygen atoms in total. The molecule has 0 fully saturated rings. The van der Waals surface area contributed by atoms with Gasteiger partial charge < -0.3 is 10.2 Å². The van der Waals surface area contributed by atoms with Crippen molar-refractivity contribution in [2.75, 3.05) is 19.4 Å². The van der Waals surface area contributed by atoms with E-state index in [-0.39, 0.29) is 11.8 Å². The third-order valence-electron chi connectivity index (χ3n) is 4.35. The van der Waals surface area contributed by atoms with E-state index >= 15 is 0 Å². The van der Waals surface area contributed by atoms with Crippen molar-refractivity contribution in [2.45, 2.75) is 26.2 Å². The minimum Gasteiger partial charge on any atom is -0.345 e. The van der Waals surface area contributed by atoms with E-state index in [2.05, 4.69) is 12.2 Å². The highest BCUT2D eigenvalue weighted by molar-refractivity contribution is 7.14. The lowest BCUT2D eigenvalue weighted by molar-refractivity contribution is 0.0827. The summed E-state index contributed by atoms with van der Waals surface area (Å²) < 4.78 is 0. The Kier molecular flexibility index (Phi) is 4.71. The average Bonchev–Trinajstić information content (AvgIpc) is 2.98. The summed E-state index contributed by atoms with van der Waals surface area (Å²) in [4.78, 5) is 28.0. The lowest BCUT2D eigenvalue weighted by Gasteiger charge is -2.16. The summed E-state index contributed by atoms with van der Waals surface area (Å²) in [6.45, 7) is 2.26. The van der Waals surface area contributed by atoms with Gasteiger partial charge in [-0.25, -0.2) is 0 Å². The van der Waals surface area contributed by atoms with Crippen LogP contribution in [0.5, 0.6) is 0 Å². The second-order valence-electron chi connectivity index (χ2n) is 6.64. The third kappa shape index (κ3) is 3.51. The van der Waals surface area contributed by atoms with E-state index in [1.165, 1.54) is 21.8 Å². The molecule has 0 saturated carbocycles. The molecule has 2 amide bonds. The van der Waals surface area contributed by atoms with Gasteiger partial charge >= 0.3 is 0 Å². The number of thiophene rings is 1. The monoisotopic (exact) mass is 342 g/mol. The maximum Gasteiger partial charge on any atom is 0.265 e. The van der Waals surface area contributed by atoms with Gasteiger partial charge in [-0.05, 0) is 61.1 Å². The van der Waals surface area contributed by atoms with Crippen LogP contribution in [0.25, 0.3) is 0 Å². The van der Waals surface area contributed by atoms with E-state index in [9.17, 15) is 9.59 Å². The van der Waals surface area contributed by atoms with Gasteiger partial charge in [0.15, 0.2) is 0 Å². The number of anilines is 1. The van der Waals surface area contributed by atoms with Crippen LogP contribution in [-0.4, -0.2) is 30.8 Å². The summed E-state index contributed by atoms with van der Waals surface area (Å²) in [5.41, 5.74) is 2.64. The number of rotatable bonds is 3. The van der Waals surface area contributed by atoms with Crippen LogP contribution in [0, 0.1) is 5.92 Å². The van der Waals surface area contributed by atoms with Crippen LogP contribution in [0.3, 0.4) is 0 Å². The first-order valence-corrected chi connectivity index (χ1v) is 9.00. The quantitative estimate of drug-likeness (QED) is 0.922. The second kappa shape index (κ2) is 6.77. The Bertz CT molecular complexity index is 762. The zero-order valence-corrected chi connectivity index (χ0v) is 15.1. The summed E-state index contributed by atoms with van der Waals surface area (Å²) >= 11 is 1.60. The molecule has 5 heteroatoms. The zero-order valence-electron chi connectivity index (χ0n) is 14.3. The molecule has 0 aliphatic heterocycles. The first kappa shape index (κ1) is 16.7. The van der Waals surface area contributed by atoms with Gasteiger partial charge in [0.05, 0.1) is 4.88 Å². The van der Waals surface area contributed by atoms with E-state index in [1.54, 1.807) is 49.7 Å². The molecule has 24 heavy (non-hydrogen) atoms. The molecule has 0 spiro atoms. The summed E-state index contributed by atoms with van der Waals surface area (Å²) in [6, 6.07) is 9.04. The molecule has 126 valence electrons. The van der Waals surface area contributed by atoms with Crippen LogP contribution in [-0.2, 0) is 12.8 Å². The van der Waals surface area contributed by atoms with E-state index < -0.39 is 0 Å². The van der Waals surface area contributed by atoms with E-state index in [0.29, 0.717) is 17.2 Å². The van der Waals surface area contributed by atoms with Crippen molar-refractivity contribution in [1.29, 1.82) is 0 Å². The largest absolute Gasteiger partial charge is 0.345 e. The molecule has 2 aromatic rings. The van der Waals surface area contributed by atoms with Crippen molar-refractivity contribution in [2.24, 2.45) is 5.92 Å². The molecule has 0 radical (unpaired) electrons. The summed E-state index contributed by atoms with van der Waals surface area (Å²) in [5.74, 6) is 0.575. The number of fused-ring (bicyclic) bond motifs is 1. The molecule has 1 atom stereocenters. The normalized spacial score (nSPS) is 16.4. The summed E-state index contributed by atoms with van der Waals surface area (Å²) in [5, 5.41) is 2.92. The lowest BCUT2D eigenvalue weighted by Crippen LogP contribution is -2.21. The molecule has 1 aliphatic rings. The number of hydrogen-bond donors (Lipinski definition) is 1. The van der Waals surface area contributed by atoms with Crippen molar-refractivity contribution < 1.29 is 9.59 Å². The molecule has 0 saturated heterocycles. The highest BCUT2D eigenvalue weighted by Gasteiger charge is 2.20. The molecule has 1 aromatic carbocycles. The fourth-order valence-corrected chi connectivity index (χ4v) is 4.07. The molecule has 1 aliphatic carbocycles. The van der Waals surface area contributed by atoms with Gasteiger partial charge in [-0.3, -0.25) is 9.59 Å². The van der Waals surface area contributed by atoms with Crippen LogP contribution < -0.4 is 5.32 Å². The van der Waals surface area contributed by atoms with E-state index in [0.717, 1.165) is 17.7 Å². The van der Waals surface area contributed by atoms with Gasteiger partial charge in [0.1, 0.15) is 0 Å². The Labute approximate surface area is 146 Å². The summed E-state index contributed by atoms with van der Waals surface area (Å²) in [7, 11) is 3.44. The predicted octanol–water partition coefficient (Wildman–Crippen LogP) is 3.83.